The van der Waals surface area contributed by atoms with Crippen molar-refractivity contribution in [3.63, 3.8) is 0 Å². The highest BCUT2D eigenvalue weighted by molar-refractivity contribution is 5.35. The second-order valence-corrected chi connectivity index (χ2v) is 7.68. The molecular weight excluding hydrogens is 366 g/mol. The molecule has 0 N–H and O–H groups in total. The minimum Gasteiger partial charge on any atom is -0.275 e. The van der Waals surface area contributed by atoms with E-state index in [0.717, 1.165) is 6.67 Å². The van der Waals surface area contributed by atoms with Gasteiger partial charge in [-0.05, 0) is 49.2 Å². The number of hydrogen-bond donors (Lipinski definition) is 0. The zero-order valence-electron chi connectivity index (χ0n) is 16.4. The molecule has 2 atom stereocenters. The number of nitrogens with zero attached hydrogens (tertiary/aromatic N) is 2. The van der Waals surface area contributed by atoms with Crippen molar-refractivity contribution in [3.8, 4) is 23.7 Å². The quantitative estimate of drug-likeness (QED) is 0.708. The number of halogens is 2. The van der Waals surface area contributed by atoms with Crippen molar-refractivity contribution in [3.05, 3.63) is 71.3 Å². The van der Waals surface area contributed by atoms with Crippen LogP contribution in [0.1, 0.15) is 36.8 Å². The summed E-state index contributed by atoms with van der Waals surface area (Å²) in [6.07, 6.45) is 4.86. The topological polar surface area (TPSA) is 6.48 Å². The zero-order valence-corrected chi connectivity index (χ0v) is 16.4. The number of rotatable bonds is 2. The lowest BCUT2D eigenvalue weighted by atomic mass is 9.90. The Morgan fingerprint density at radius 2 is 1.24 bits per heavy atom. The molecule has 148 valence electrons. The van der Waals surface area contributed by atoms with Gasteiger partial charge in [0.05, 0.1) is 19.8 Å². The molecule has 2 unspecified atom stereocenters. The van der Waals surface area contributed by atoms with Gasteiger partial charge in [0, 0.05) is 23.2 Å². The Kier molecular flexibility index (Phi) is 6.25. The van der Waals surface area contributed by atoms with Crippen LogP contribution in [0.25, 0.3) is 0 Å². The maximum absolute atomic E-state index is 13.3. The van der Waals surface area contributed by atoms with E-state index in [0.29, 0.717) is 36.3 Å². The summed E-state index contributed by atoms with van der Waals surface area (Å²) >= 11 is 0. The zero-order chi connectivity index (χ0) is 20.1. The highest BCUT2D eigenvalue weighted by atomic mass is 19.1. The van der Waals surface area contributed by atoms with E-state index in [-0.39, 0.29) is 11.6 Å². The van der Waals surface area contributed by atoms with Crippen LogP contribution in [-0.2, 0) is 0 Å². The van der Waals surface area contributed by atoms with E-state index >= 15 is 0 Å². The SMILES string of the molecule is Fc1cccc(C#CCN2CN(CC#Cc3cccc(F)c3)C3CCCCC32)c1. The minimum absolute atomic E-state index is 0.256. The molecule has 0 amide bonds. The van der Waals surface area contributed by atoms with Gasteiger partial charge in [0.1, 0.15) is 11.6 Å². The van der Waals surface area contributed by atoms with E-state index in [1.165, 1.54) is 49.9 Å². The normalized spacial score (nSPS) is 21.6. The van der Waals surface area contributed by atoms with Gasteiger partial charge in [0.15, 0.2) is 0 Å². The van der Waals surface area contributed by atoms with Crippen LogP contribution in [0.3, 0.4) is 0 Å². The lowest BCUT2D eigenvalue weighted by molar-refractivity contribution is 0.219. The van der Waals surface area contributed by atoms with E-state index in [4.69, 9.17) is 0 Å². The fourth-order valence-corrected chi connectivity index (χ4v) is 4.34. The van der Waals surface area contributed by atoms with Crippen molar-refractivity contribution in [1.82, 2.24) is 9.80 Å². The van der Waals surface area contributed by atoms with Gasteiger partial charge in [-0.3, -0.25) is 9.80 Å². The summed E-state index contributed by atoms with van der Waals surface area (Å²) in [6.45, 7) is 2.18. The van der Waals surface area contributed by atoms with Crippen molar-refractivity contribution < 1.29 is 8.78 Å². The first kappa shape index (κ1) is 19.6. The summed E-state index contributed by atoms with van der Waals surface area (Å²) in [4.78, 5) is 4.83. The maximum atomic E-state index is 13.3. The molecule has 1 saturated heterocycles. The van der Waals surface area contributed by atoms with Gasteiger partial charge in [-0.25, -0.2) is 8.78 Å². The molecule has 0 aromatic heterocycles. The van der Waals surface area contributed by atoms with Gasteiger partial charge < -0.3 is 0 Å². The Hall–Kier alpha value is -2.66. The summed E-state index contributed by atoms with van der Waals surface area (Å²) in [5, 5.41) is 0. The minimum atomic E-state index is -0.256. The molecule has 2 aromatic carbocycles. The summed E-state index contributed by atoms with van der Waals surface area (Å²) in [5.74, 6) is 12.1. The van der Waals surface area contributed by atoms with E-state index in [9.17, 15) is 8.78 Å². The third kappa shape index (κ3) is 5.04. The van der Waals surface area contributed by atoms with E-state index < -0.39 is 0 Å². The largest absolute Gasteiger partial charge is 0.275 e. The first-order valence-corrected chi connectivity index (χ1v) is 10.2. The fourth-order valence-electron chi connectivity index (χ4n) is 4.34. The Morgan fingerprint density at radius 1 is 0.759 bits per heavy atom. The van der Waals surface area contributed by atoms with Crippen LogP contribution in [0.15, 0.2) is 48.5 Å². The summed E-state index contributed by atoms with van der Waals surface area (Å²) in [6, 6.07) is 13.8. The third-order valence-electron chi connectivity index (χ3n) is 5.67. The number of fused-ring (bicyclic) bond motifs is 1. The molecule has 2 aliphatic rings. The van der Waals surface area contributed by atoms with Gasteiger partial charge in [-0.2, -0.15) is 0 Å². The molecular formula is C25H24F2N2. The van der Waals surface area contributed by atoms with E-state index in [2.05, 4.69) is 33.5 Å². The lowest BCUT2D eigenvalue weighted by Crippen LogP contribution is -2.40. The van der Waals surface area contributed by atoms with Gasteiger partial charge in [-0.1, -0.05) is 48.7 Å². The van der Waals surface area contributed by atoms with Gasteiger partial charge >= 0.3 is 0 Å². The molecule has 2 aromatic rings. The Balaban J connectivity index is 1.41. The van der Waals surface area contributed by atoms with Crippen LogP contribution in [0.4, 0.5) is 8.78 Å². The number of benzene rings is 2. The van der Waals surface area contributed by atoms with Crippen LogP contribution < -0.4 is 0 Å². The van der Waals surface area contributed by atoms with Crippen LogP contribution in [0.2, 0.25) is 0 Å². The predicted molar refractivity (Wildman–Crippen MR) is 111 cm³/mol. The standard InChI is InChI=1S/C25H24F2N2/c26-22-11-3-7-20(17-22)9-5-15-28-19-29(25-14-2-1-13-24(25)28)16-6-10-21-8-4-12-23(27)18-21/h3-4,7-8,11-12,17-18,24-25H,1-2,13-16,19H2. The molecule has 1 saturated carbocycles. The molecule has 1 heterocycles. The Bertz CT molecular complexity index is 900. The molecule has 0 radical (unpaired) electrons. The molecule has 0 spiro atoms. The highest BCUT2D eigenvalue weighted by Gasteiger charge is 2.40. The molecule has 4 rings (SSSR count). The van der Waals surface area contributed by atoms with Gasteiger partial charge in [0.2, 0.25) is 0 Å². The van der Waals surface area contributed by atoms with Crippen LogP contribution in [0.5, 0.6) is 0 Å². The molecule has 2 nitrogen and oxygen atoms in total. The lowest BCUT2D eigenvalue weighted by Gasteiger charge is -2.31. The molecule has 1 aliphatic heterocycles. The third-order valence-corrected chi connectivity index (χ3v) is 5.67. The first-order valence-electron chi connectivity index (χ1n) is 10.2. The van der Waals surface area contributed by atoms with Gasteiger partial charge in [-0.15, -0.1) is 0 Å². The molecule has 2 fully saturated rings. The summed E-state index contributed by atoms with van der Waals surface area (Å²) < 4.78 is 26.6. The molecule has 29 heavy (non-hydrogen) atoms. The van der Waals surface area contributed by atoms with Gasteiger partial charge in [0.25, 0.3) is 0 Å². The van der Waals surface area contributed by atoms with Crippen molar-refractivity contribution in [2.24, 2.45) is 0 Å². The average molecular weight is 390 g/mol. The fraction of sp³-hybridized carbons (Fsp3) is 0.360. The van der Waals surface area contributed by atoms with Crippen LogP contribution in [0, 0.1) is 35.3 Å². The Morgan fingerprint density at radius 3 is 1.69 bits per heavy atom. The molecule has 0 bridgehead atoms. The van der Waals surface area contributed by atoms with Crippen molar-refractivity contribution in [2.75, 3.05) is 19.8 Å². The van der Waals surface area contributed by atoms with E-state index in [1.807, 2.05) is 12.1 Å². The van der Waals surface area contributed by atoms with Crippen molar-refractivity contribution in [1.29, 1.82) is 0 Å². The Labute approximate surface area is 171 Å². The first-order chi connectivity index (χ1) is 14.2. The molecule has 1 aliphatic carbocycles. The van der Waals surface area contributed by atoms with Crippen molar-refractivity contribution in [2.45, 2.75) is 37.8 Å². The highest BCUT2D eigenvalue weighted by Crippen LogP contribution is 2.32. The second kappa shape index (κ2) is 9.23. The number of hydrogen-bond acceptors (Lipinski definition) is 2. The van der Waals surface area contributed by atoms with Crippen molar-refractivity contribution >= 4 is 0 Å². The smallest absolute Gasteiger partial charge is 0.124 e. The monoisotopic (exact) mass is 390 g/mol. The maximum Gasteiger partial charge on any atom is 0.124 e. The molecule has 4 heteroatoms. The predicted octanol–water partition coefficient (Wildman–Crippen LogP) is 4.25. The van der Waals surface area contributed by atoms with Crippen LogP contribution in [-0.4, -0.2) is 41.6 Å². The second-order valence-electron chi connectivity index (χ2n) is 7.68. The van der Waals surface area contributed by atoms with Crippen LogP contribution >= 0.6 is 0 Å². The summed E-state index contributed by atoms with van der Waals surface area (Å²) in [5.41, 5.74) is 1.42. The van der Waals surface area contributed by atoms with E-state index in [1.54, 1.807) is 12.1 Å². The summed E-state index contributed by atoms with van der Waals surface area (Å²) in [7, 11) is 0. The average Bonchev–Trinajstić information content (AvgIpc) is 3.06.